The average Bonchev–Trinajstić information content (AvgIpc) is 2.36. The highest BCUT2D eigenvalue weighted by molar-refractivity contribution is 6.33. The molecule has 3 nitrogen and oxygen atoms in total. The smallest absolute Gasteiger partial charge is 0.252 e. The zero-order valence-electron chi connectivity index (χ0n) is 11.2. The summed E-state index contributed by atoms with van der Waals surface area (Å²) in [7, 11) is 0. The number of aryl methyl sites for hydroxylation is 1. The molecule has 0 aromatic heterocycles. The number of benzene rings is 1. The third-order valence-corrected chi connectivity index (χ3v) is 3.99. The van der Waals surface area contributed by atoms with Gasteiger partial charge in [-0.3, -0.25) is 4.79 Å². The van der Waals surface area contributed by atoms with E-state index >= 15 is 0 Å². The van der Waals surface area contributed by atoms with E-state index in [9.17, 15) is 9.90 Å². The highest BCUT2D eigenvalue weighted by Gasteiger charge is 2.21. The Kier molecular flexibility index (Phi) is 4.83. The first-order valence-electron chi connectivity index (χ1n) is 6.78. The van der Waals surface area contributed by atoms with Gasteiger partial charge < -0.3 is 10.4 Å². The van der Waals surface area contributed by atoms with E-state index in [1.165, 1.54) is 0 Å². The first-order valence-corrected chi connectivity index (χ1v) is 7.16. The lowest BCUT2D eigenvalue weighted by atomic mass is 9.87. The number of hydrogen-bond acceptors (Lipinski definition) is 2. The molecule has 4 heteroatoms. The number of carbonyl (C=O) groups excluding carboxylic acids is 1. The Bertz CT molecular complexity index is 461. The molecule has 0 saturated heterocycles. The molecule has 2 N–H and O–H groups in total. The lowest BCUT2D eigenvalue weighted by Gasteiger charge is -2.25. The van der Waals surface area contributed by atoms with E-state index in [-0.39, 0.29) is 12.0 Å². The first kappa shape index (κ1) is 14.4. The molecule has 1 aromatic rings. The van der Waals surface area contributed by atoms with Gasteiger partial charge in [-0.1, -0.05) is 24.1 Å². The predicted octanol–water partition coefficient (Wildman–Crippen LogP) is 2.93. The van der Waals surface area contributed by atoms with E-state index in [2.05, 4.69) is 5.32 Å². The summed E-state index contributed by atoms with van der Waals surface area (Å²) in [5, 5.41) is 13.0. The Morgan fingerprint density at radius 3 is 2.95 bits per heavy atom. The fourth-order valence-corrected chi connectivity index (χ4v) is 2.91. The molecule has 0 bridgehead atoms. The van der Waals surface area contributed by atoms with Gasteiger partial charge in [-0.15, -0.1) is 0 Å². The molecule has 104 valence electrons. The van der Waals surface area contributed by atoms with Gasteiger partial charge in [-0.2, -0.15) is 0 Å². The van der Waals surface area contributed by atoms with Gasteiger partial charge in [0, 0.05) is 6.54 Å². The lowest BCUT2D eigenvalue weighted by molar-refractivity contribution is 0.0874. The van der Waals surface area contributed by atoms with Crippen LogP contribution in [0.25, 0.3) is 0 Å². The summed E-state index contributed by atoms with van der Waals surface area (Å²) in [6.45, 7) is 2.55. The van der Waals surface area contributed by atoms with Crippen molar-refractivity contribution in [3.63, 3.8) is 0 Å². The molecule has 0 heterocycles. The number of aliphatic hydroxyl groups excluding tert-OH is 1. The van der Waals surface area contributed by atoms with Crippen LogP contribution in [-0.2, 0) is 0 Å². The van der Waals surface area contributed by atoms with Crippen LogP contribution in [0.3, 0.4) is 0 Å². The zero-order chi connectivity index (χ0) is 13.8. The predicted molar refractivity (Wildman–Crippen MR) is 76.5 cm³/mol. The van der Waals surface area contributed by atoms with Crippen molar-refractivity contribution in [1.29, 1.82) is 0 Å². The average molecular weight is 282 g/mol. The molecule has 2 atom stereocenters. The van der Waals surface area contributed by atoms with Gasteiger partial charge in [-0.25, -0.2) is 0 Å². The van der Waals surface area contributed by atoms with E-state index < -0.39 is 0 Å². The summed E-state index contributed by atoms with van der Waals surface area (Å²) >= 11 is 6.07. The fourth-order valence-electron chi connectivity index (χ4n) is 2.58. The van der Waals surface area contributed by atoms with Gasteiger partial charge in [0.1, 0.15) is 0 Å². The van der Waals surface area contributed by atoms with Gasteiger partial charge >= 0.3 is 0 Å². The van der Waals surface area contributed by atoms with Gasteiger partial charge in [-0.05, 0) is 49.8 Å². The van der Waals surface area contributed by atoms with Crippen LogP contribution in [0, 0.1) is 12.8 Å². The standard InChI is InChI=1S/C15H20ClNO2/c1-10-5-6-13(14(16)7-10)15(19)17-9-11-3-2-4-12(18)8-11/h5-7,11-12,18H,2-4,8-9H2,1H3,(H,17,19). The fraction of sp³-hybridized carbons (Fsp3) is 0.533. The molecule has 1 amide bonds. The van der Waals surface area contributed by atoms with E-state index in [0.717, 1.165) is 31.2 Å². The quantitative estimate of drug-likeness (QED) is 0.895. The molecule has 0 radical (unpaired) electrons. The number of carbonyl (C=O) groups is 1. The Labute approximate surface area is 119 Å². The van der Waals surface area contributed by atoms with E-state index in [0.29, 0.717) is 23.0 Å². The van der Waals surface area contributed by atoms with E-state index in [1.807, 2.05) is 13.0 Å². The van der Waals surface area contributed by atoms with Crippen molar-refractivity contribution in [3.05, 3.63) is 34.3 Å². The molecular formula is C15H20ClNO2. The summed E-state index contributed by atoms with van der Waals surface area (Å²) in [4.78, 5) is 12.0. The minimum atomic E-state index is -0.210. The molecule has 1 aromatic carbocycles. The third-order valence-electron chi connectivity index (χ3n) is 3.68. The molecule has 1 aliphatic rings. The van der Waals surface area contributed by atoms with Crippen LogP contribution in [0.15, 0.2) is 18.2 Å². The van der Waals surface area contributed by atoms with Gasteiger partial charge in [0.15, 0.2) is 0 Å². The van der Waals surface area contributed by atoms with Crippen LogP contribution in [0.2, 0.25) is 5.02 Å². The van der Waals surface area contributed by atoms with Crippen LogP contribution >= 0.6 is 11.6 Å². The van der Waals surface area contributed by atoms with Crippen molar-refractivity contribution in [2.45, 2.75) is 38.7 Å². The van der Waals surface area contributed by atoms with Crippen LogP contribution < -0.4 is 5.32 Å². The Hall–Kier alpha value is -1.06. The molecule has 1 aliphatic carbocycles. The van der Waals surface area contributed by atoms with E-state index in [4.69, 9.17) is 11.6 Å². The third kappa shape index (κ3) is 3.95. The maximum atomic E-state index is 12.0. The molecule has 0 spiro atoms. The highest BCUT2D eigenvalue weighted by Crippen LogP contribution is 2.24. The van der Waals surface area contributed by atoms with Gasteiger partial charge in [0.25, 0.3) is 5.91 Å². The summed E-state index contributed by atoms with van der Waals surface area (Å²) < 4.78 is 0. The molecule has 1 fully saturated rings. The largest absolute Gasteiger partial charge is 0.393 e. The normalized spacial score (nSPS) is 23.1. The summed E-state index contributed by atoms with van der Waals surface area (Å²) in [6.07, 6.45) is 3.56. The minimum Gasteiger partial charge on any atom is -0.393 e. The number of halogens is 1. The summed E-state index contributed by atoms with van der Waals surface area (Å²) in [5.41, 5.74) is 1.56. The minimum absolute atomic E-state index is 0.134. The van der Waals surface area contributed by atoms with Crippen molar-refractivity contribution in [2.24, 2.45) is 5.92 Å². The number of amides is 1. The van der Waals surface area contributed by atoms with Crippen LogP contribution in [0.5, 0.6) is 0 Å². The Morgan fingerprint density at radius 2 is 2.26 bits per heavy atom. The van der Waals surface area contributed by atoms with Crippen LogP contribution in [-0.4, -0.2) is 23.7 Å². The SMILES string of the molecule is Cc1ccc(C(=O)NCC2CCCC(O)C2)c(Cl)c1. The number of rotatable bonds is 3. The van der Waals surface area contributed by atoms with Crippen molar-refractivity contribution in [2.75, 3.05) is 6.54 Å². The van der Waals surface area contributed by atoms with Crippen molar-refractivity contribution in [3.8, 4) is 0 Å². The molecule has 1 saturated carbocycles. The monoisotopic (exact) mass is 281 g/mol. The second-order valence-electron chi connectivity index (χ2n) is 5.38. The Balaban J connectivity index is 1.90. The number of nitrogens with one attached hydrogen (secondary N) is 1. The molecular weight excluding hydrogens is 262 g/mol. The first-order chi connectivity index (χ1) is 9.06. The van der Waals surface area contributed by atoms with Gasteiger partial charge in [0.05, 0.1) is 16.7 Å². The highest BCUT2D eigenvalue weighted by atomic mass is 35.5. The second-order valence-corrected chi connectivity index (χ2v) is 5.79. The second kappa shape index (κ2) is 6.40. The number of aliphatic hydroxyl groups is 1. The van der Waals surface area contributed by atoms with E-state index in [1.54, 1.807) is 12.1 Å². The van der Waals surface area contributed by atoms with Crippen molar-refractivity contribution in [1.82, 2.24) is 5.32 Å². The maximum Gasteiger partial charge on any atom is 0.252 e. The van der Waals surface area contributed by atoms with Crippen LogP contribution in [0.4, 0.5) is 0 Å². The molecule has 19 heavy (non-hydrogen) atoms. The molecule has 2 rings (SSSR count). The topological polar surface area (TPSA) is 49.3 Å². The Morgan fingerprint density at radius 1 is 1.47 bits per heavy atom. The summed E-state index contributed by atoms with van der Waals surface area (Å²) in [6, 6.07) is 5.43. The lowest BCUT2D eigenvalue weighted by Crippen LogP contribution is -2.33. The summed E-state index contributed by atoms with van der Waals surface area (Å²) in [5.74, 6) is 0.238. The molecule has 2 unspecified atom stereocenters. The van der Waals surface area contributed by atoms with Gasteiger partial charge in [0.2, 0.25) is 0 Å². The maximum absolute atomic E-state index is 12.0. The number of hydrogen-bond donors (Lipinski definition) is 2. The zero-order valence-corrected chi connectivity index (χ0v) is 11.9. The van der Waals surface area contributed by atoms with Crippen molar-refractivity contribution < 1.29 is 9.90 Å². The van der Waals surface area contributed by atoms with Crippen LogP contribution in [0.1, 0.15) is 41.6 Å². The molecule has 0 aliphatic heterocycles. The van der Waals surface area contributed by atoms with Crippen molar-refractivity contribution >= 4 is 17.5 Å².